The van der Waals surface area contributed by atoms with Crippen molar-refractivity contribution in [3.8, 4) is 11.5 Å². The molecule has 0 bridgehead atoms. The molecule has 2 rings (SSSR count). The zero-order valence-electron chi connectivity index (χ0n) is 19.3. The van der Waals surface area contributed by atoms with E-state index in [2.05, 4.69) is 11.9 Å². The summed E-state index contributed by atoms with van der Waals surface area (Å²) in [5.74, 6) is 1.57. The number of aromatic nitrogens is 1. The molecule has 0 N–H and O–H groups in total. The van der Waals surface area contributed by atoms with Crippen LogP contribution in [0.1, 0.15) is 96.0 Å². The van der Waals surface area contributed by atoms with Gasteiger partial charge in [0, 0.05) is 5.39 Å². The number of pyridine rings is 1. The largest absolute Gasteiger partial charge is 0.496 e. The van der Waals surface area contributed by atoms with Crippen LogP contribution in [0.15, 0.2) is 18.2 Å². The van der Waals surface area contributed by atoms with E-state index in [0.29, 0.717) is 5.15 Å². The number of nitrogens with zero attached hydrogens (tertiary/aromatic N) is 1. The average Bonchev–Trinajstić information content (AvgIpc) is 2.75. The summed E-state index contributed by atoms with van der Waals surface area (Å²) in [4.78, 5) is 4.49. The van der Waals surface area contributed by atoms with Gasteiger partial charge in [0.1, 0.15) is 22.2 Å². The number of hydrogen-bond acceptors (Lipinski definition) is 3. The number of benzene rings is 1. The summed E-state index contributed by atoms with van der Waals surface area (Å²) < 4.78 is 11.1. The molecule has 2 aromatic rings. The number of ether oxygens (including phenoxy) is 2. The third kappa shape index (κ3) is 7.98. The summed E-state index contributed by atoms with van der Waals surface area (Å²) in [6.07, 6.45) is 18.7. The lowest BCUT2D eigenvalue weighted by Crippen LogP contribution is -1.97. The Bertz CT molecular complexity index is 747. The number of halogens is 1. The highest BCUT2D eigenvalue weighted by Gasteiger charge is 2.14. The predicted molar refractivity (Wildman–Crippen MR) is 129 cm³/mol. The van der Waals surface area contributed by atoms with Gasteiger partial charge in [-0.2, -0.15) is 0 Å². The van der Waals surface area contributed by atoms with Crippen LogP contribution in [0.3, 0.4) is 0 Å². The maximum atomic E-state index is 6.30. The van der Waals surface area contributed by atoms with Gasteiger partial charge in [-0.05, 0) is 36.6 Å². The van der Waals surface area contributed by atoms with Crippen molar-refractivity contribution >= 4 is 22.5 Å². The highest BCUT2D eigenvalue weighted by Crippen LogP contribution is 2.36. The molecule has 1 heterocycles. The van der Waals surface area contributed by atoms with Gasteiger partial charge >= 0.3 is 0 Å². The van der Waals surface area contributed by atoms with Crippen LogP contribution in [0.25, 0.3) is 10.9 Å². The van der Waals surface area contributed by atoms with Gasteiger partial charge in [0.05, 0.1) is 14.2 Å². The second-order valence-corrected chi connectivity index (χ2v) is 8.68. The van der Waals surface area contributed by atoms with E-state index in [4.69, 9.17) is 21.1 Å². The molecule has 168 valence electrons. The Balaban J connectivity index is 1.71. The summed E-state index contributed by atoms with van der Waals surface area (Å²) in [5, 5.41) is 1.54. The van der Waals surface area contributed by atoms with Gasteiger partial charge in [-0.3, -0.25) is 0 Å². The minimum Gasteiger partial charge on any atom is -0.496 e. The third-order valence-electron chi connectivity index (χ3n) is 5.93. The Morgan fingerprint density at radius 3 is 1.77 bits per heavy atom. The minimum atomic E-state index is 0.513. The molecule has 3 nitrogen and oxygen atoms in total. The lowest BCUT2D eigenvalue weighted by Gasteiger charge is -2.13. The third-order valence-corrected chi connectivity index (χ3v) is 6.12. The first-order chi connectivity index (χ1) is 14.7. The van der Waals surface area contributed by atoms with Crippen LogP contribution in [0, 0.1) is 0 Å². The van der Waals surface area contributed by atoms with Crippen molar-refractivity contribution in [2.75, 3.05) is 14.2 Å². The Labute approximate surface area is 188 Å². The highest BCUT2D eigenvalue weighted by molar-refractivity contribution is 6.30. The van der Waals surface area contributed by atoms with E-state index in [1.807, 2.05) is 18.2 Å². The fourth-order valence-corrected chi connectivity index (χ4v) is 4.41. The van der Waals surface area contributed by atoms with E-state index in [9.17, 15) is 0 Å². The van der Waals surface area contributed by atoms with Crippen molar-refractivity contribution in [2.45, 2.75) is 96.8 Å². The van der Waals surface area contributed by atoms with E-state index in [0.717, 1.165) is 35.2 Å². The zero-order chi connectivity index (χ0) is 21.6. The monoisotopic (exact) mass is 433 g/mol. The molecule has 1 aromatic heterocycles. The summed E-state index contributed by atoms with van der Waals surface area (Å²) in [5.41, 5.74) is 1.98. The molecule has 0 fully saturated rings. The molecule has 0 aliphatic carbocycles. The second kappa shape index (κ2) is 14.5. The average molecular weight is 434 g/mol. The van der Waals surface area contributed by atoms with E-state index < -0.39 is 0 Å². The summed E-state index contributed by atoms with van der Waals surface area (Å²) in [6.45, 7) is 2.28. The molecule has 30 heavy (non-hydrogen) atoms. The number of fused-ring (bicyclic) bond motifs is 1. The number of unbranched alkanes of at least 4 members (excludes halogenated alkanes) is 12. The van der Waals surface area contributed by atoms with E-state index >= 15 is 0 Å². The van der Waals surface area contributed by atoms with Crippen LogP contribution in [0.5, 0.6) is 11.5 Å². The smallest absolute Gasteiger partial charge is 0.145 e. The number of rotatable bonds is 16. The van der Waals surface area contributed by atoms with Gasteiger partial charge in [-0.25, -0.2) is 4.98 Å². The zero-order valence-corrected chi connectivity index (χ0v) is 20.0. The van der Waals surface area contributed by atoms with Crippen molar-refractivity contribution < 1.29 is 9.47 Å². The van der Waals surface area contributed by atoms with Crippen LogP contribution in [0.2, 0.25) is 5.15 Å². The van der Waals surface area contributed by atoms with Crippen LogP contribution in [-0.4, -0.2) is 19.2 Å². The van der Waals surface area contributed by atoms with Crippen LogP contribution >= 0.6 is 11.6 Å². The topological polar surface area (TPSA) is 31.4 Å². The van der Waals surface area contributed by atoms with E-state index in [1.165, 1.54) is 82.6 Å². The van der Waals surface area contributed by atoms with Crippen LogP contribution in [-0.2, 0) is 6.42 Å². The molecule has 1 aromatic carbocycles. The van der Waals surface area contributed by atoms with Gasteiger partial charge in [0.15, 0.2) is 0 Å². The first kappa shape index (κ1) is 24.8. The van der Waals surface area contributed by atoms with E-state index in [1.54, 1.807) is 14.2 Å². The van der Waals surface area contributed by atoms with Crippen molar-refractivity contribution in [2.24, 2.45) is 0 Å². The van der Waals surface area contributed by atoms with Gasteiger partial charge in [-0.15, -0.1) is 0 Å². The molecule has 0 unspecified atom stereocenters. The minimum absolute atomic E-state index is 0.513. The SMILES string of the molecule is CCCCCCCCCCCCCCCc1cc(Cl)nc2c(OC)ccc(OC)c12. The maximum absolute atomic E-state index is 6.30. The summed E-state index contributed by atoms with van der Waals surface area (Å²) in [6, 6.07) is 5.82. The van der Waals surface area contributed by atoms with Gasteiger partial charge in [0.25, 0.3) is 0 Å². The Kier molecular flexibility index (Phi) is 12.0. The molecule has 0 aliphatic rings. The van der Waals surface area contributed by atoms with Gasteiger partial charge in [-0.1, -0.05) is 95.6 Å². The van der Waals surface area contributed by atoms with Crippen LogP contribution in [0.4, 0.5) is 0 Å². The molecule has 0 spiro atoms. The van der Waals surface area contributed by atoms with Crippen molar-refractivity contribution in [3.63, 3.8) is 0 Å². The molecule has 0 aliphatic heterocycles. The van der Waals surface area contributed by atoms with Crippen LogP contribution < -0.4 is 9.47 Å². The molecule has 0 radical (unpaired) electrons. The number of methoxy groups -OCH3 is 2. The normalized spacial score (nSPS) is 11.2. The Morgan fingerprint density at radius 2 is 1.23 bits per heavy atom. The molecule has 0 saturated heterocycles. The fourth-order valence-electron chi connectivity index (χ4n) is 4.20. The standard InChI is InChI=1S/C26H40ClNO2/c1-4-5-6-7-8-9-10-11-12-13-14-15-16-17-21-20-24(27)28-26-23(30-3)19-18-22(29-2)25(21)26/h18-20H,4-17H2,1-3H3. The highest BCUT2D eigenvalue weighted by atomic mass is 35.5. The molecule has 0 atom stereocenters. The summed E-state index contributed by atoms with van der Waals surface area (Å²) in [7, 11) is 3.36. The molecule has 0 amide bonds. The fraction of sp³-hybridized carbons (Fsp3) is 0.654. The summed E-state index contributed by atoms with van der Waals surface area (Å²) >= 11 is 6.30. The number of aryl methyl sites for hydroxylation is 1. The first-order valence-electron chi connectivity index (χ1n) is 11.9. The lowest BCUT2D eigenvalue weighted by atomic mass is 10.00. The number of hydrogen-bond donors (Lipinski definition) is 0. The first-order valence-corrected chi connectivity index (χ1v) is 12.3. The molecular weight excluding hydrogens is 394 g/mol. The quantitative estimate of drug-likeness (QED) is 0.196. The van der Waals surface area contributed by atoms with Crippen molar-refractivity contribution in [3.05, 3.63) is 28.9 Å². The van der Waals surface area contributed by atoms with Gasteiger partial charge in [0.2, 0.25) is 0 Å². The van der Waals surface area contributed by atoms with Gasteiger partial charge < -0.3 is 9.47 Å². The van der Waals surface area contributed by atoms with Crippen molar-refractivity contribution in [1.29, 1.82) is 0 Å². The molecule has 0 saturated carbocycles. The van der Waals surface area contributed by atoms with E-state index in [-0.39, 0.29) is 0 Å². The maximum Gasteiger partial charge on any atom is 0.145 e. The Hall–Kier alpha value is -1.48. The molecular formula is C26H40ClNO2. The van der Waals surface area contributed by atoms with Crippen molar-refractivity contribution in [1.82, 2.24) is 4.98 Å². The molecule has 4 heteroatoms. The lowest BCUT2D eigenvalue weighted by molar-refractivity contribution is 0.409. The predicted octanol–water partition coefficient (Wildman–Crippen LogP) is 8.54. The Morgan fingerprint density at radius 1 is 0.733 bits per heavy atom. The second-order valence-electron chi connectivity index (χ2n) is 8.29.